The first-order valence-corrected chi connectivity index (χ1v) is 10.7. The largest absolute Gasteiger partial charge is 0.509 e. The van der Waals surface area contributed by atoms with Gasteiger partial charge in [-0.25, -0.2) is 4.79 Å². The van der Waals surface area contributed by atoms with E-state index in [2.05, 4.69) is 20.8 Å². The first kappa shape index (κ1) is 17.3. The Hall–Kier alpha value is -1.41. The smallest absolute Gasteiger partial charge is 0.339 e. The summed E-state index contributed by atoms with van der Waals surface area (Å²) < 4.78 is 24.5. The molecule has 0 amide bonds. The van der Waals surface area contributed by atoms with Crippen LogP contribution in [0.25, 0.3) is 0 Å². The minimum atomic E-state index is -0.736. The SMILES string of the molecule is C/C(O)=C1\OC(=O)C2=C1C1C[C@@H]3O[C@@]34[C@H](O)[C@@]3(C(C)C)O[C@H]3[C@@H]3O[C@@]34[C@@]1(C)CC2. The number of hydrogen-bond donors (Lipinski definition) is 2. The van der Waals surface area contributed by atoms with Crippen LogP contribution in [-0.4, -0.2) is 57.4 Å². The van der Waals surface area contributed by atoms with Crippen molar-refractivity contribution < 1.29 is 34.0 Å². The van der Waals surface area contributed by atoms with Gasteiger partial charge in [0.25, 0.3) is 0 Å². The summed E-state index contributed by atoms with van der Waals surface area (Å²) in [6.07, 6.45) is 0.913. The molecule has 0 bridgehead atoms. The normalized spacial score (nSPS) is 59.7. The Morgan fingerprint density at radius 3 is 2.66 bits per heavy atom. The summed E-state index contributed by atoms with van der Waals surface area (Å²) in [5, 5.41) is 21.7. The molecule has 4 heterocycles. The highest BCUT2D eigenvalue weighted by Crippen LogP contribution is 2.83. The predicted octanol–water partition coefficient (Wildman–Crippen LogP) is 1.89. The molecule has 7 rings (SSSR count). The van der Waals surface area contributed by atoms with Gasteiger partial charge in [0.1, 0.15) is 35.3 Å². The Kier molecular flexibility index (Phi) is 2.65. The van der Waals surface area contributed by atoms with Crippen LogP contribution < -0.4 is 0 Å². The number of carbonyl (C=O) groups excluding carboxylic acids is 1. The van der Waals surface area contributed by atoms with Crippen molar-refractivity contribution in [3.05, 3.63) is 22.7 Å². The molecule has 4 aliphatic heterocycles. The van der Waals surface area contributed by atoms with Crippen molar-refractivity contribution in [1.29, 1.82) is 0 Å². The van der Waals surface area contributed by atoms with E-state index in [1.165, 1.54) is 0 Å². The van der Waals surface area contributed by atoms with Gasteiger partial charge in [0.15, 0.2) is 11.4 Å². The molecule has 0 radical (unpaired) electrons. The number of epoxide rings is 3. The number of esters is 1. The van der Waals surface area contributed by atoms with Crippen LogP contribution in [-0.2, 0) is 23.7 Å². The minimum Gasteiger partial charge on any atom is -0.509 e. The summed E-state index contributed by atoms with van der Waals surface area (Å²) in [5.74, 6) is 0.122. The van der Waals surface area contributed by atoms with Gasteiger partial charge in [-0.3, -0.25) is 0 Å². The zero-order valence-corrected chi connectivity index (χ0v) is 17.0. The van der Waals surface area contributed by atoms with Crippen LogP contribution in [0, 0.1) is 17.3 Å². The van der Waals surface area contributed by atoms with Crippen molar-refractivity contribution in [2.24, 2.45) is 17.3 Å². The van der Waals surface area contributed by atoms with Crippen LogP contribution in [0.5, 0.6) is 0 Å². The van der Waals surface area contributed by atoms with Crippen LogP contribution in [0.15, 0.2) is 22.7 Å². The zero-order chi connectivity index (χ0) is 20.3. The highest BCUT2D eigenvalue weighted by Gasteiger charge is 3.00. The number of rotatable bonds is 1. The van der Waals surface area contributed by atoms with Gasteiger partial charge in [0.2, 0.25) is 0 Å². The molecular formula is C22H26O7. The lowest BCUT2D eigenvalue weighted by molar-refractivity contribution is -0.133. The van der Waals surface area contributed by atoms with Gasteiger partial charge in [-0.2, -0.15) is 0 Å². The van der Waals surface area contributed by atoms with Gasteiger partial charge in [-0.05, 0) is 38.0 Å². The summed E-state index contributed by atoms with van der Waals surface area (Å²) in [6.45, 7) is 7.92. The summed E-state index contributed by atoms with van der Waals surface area (Å²) in [7, 11) is 0. The van der Waals surface area contributed by atoms with E-state index in [-0.39, 0.29) is 47.3 Å². The Labute approximate surface area is 168 Å². The molecule has 1 unspecified atom stereocenters. The number of allylic oxidation sites excluding steroid dienone is 2. The van der Waals surface area contributed by atoms with E-state index in [1.54, 1.807) is 6.92 Å². The van der Waals surface area contributed by atoms with Gasteiger partial charge in [-0.15, -0.1) is 0 Å². The summed E-state index contributed by atoms with van der Waals surface area (Å²) in [6, 6.07) is 0. The van der Waals surface area contributed by atoms with E-state index in [0.717, 1.165) is 12.0 Å². The molecule has 0 aromatic rings. The number of ether oxygens (including phenoxy) is 4. The van der Waals surface area contributed by atoms with Crippen LogP contribution in [0.4, 0.5) is 0 Å². The van der Waals surface area contributed by atoms with Crippen LogP contribution in [0.3, 0.4) is 0 Å². The third-order valence-electron chi connectivity index (χ3n) is 9.37. The maximum Gasteiger partial charge on any atom is 0.339 e. The molecule has 7 nitrogen and oxygen atoms in total. The number of aliphatic hydroxyl groups is 2. The molecule has 5 fully saturated rings. The van der Waals surface area contributed by atoms with E-state index < -0.39 is 22.9 Å². The van der Waals surface area contributed by atoms with Crippen molar-refractivity contribution in [3.63, 3.8) is 0 Å². The van der Waals surface area contributed by atoms with Gasteiger partial charge in [-0.1, -0.05) is 20.8 Å². The molecule has 9 atom stereocenters. The van der Waals surface area contributed by atoms with Crippen molar-refractivity contribution in [3.8, 4) is 0 Å². The van der Waals surface area contributed by atoms with Crippen LogP contribution in [0.2, 0.25) is 0 Å². The van der Waals surface area contributed by atoms with Gasteiger partial charge in [0.05, 0.1) is 6.10 Å². The highest BCUT2D eigenvalue weighted by molar-refractivity contribution is 5.95. The number of cyclic esters (lactones) is 1. The lowest BCUT2D eigenvalue weighted by Gasteiger charge is -2.53. The van der Waals surface area contributed by atoms with Crippen LogP contribution >= 0.6 is 0 Å². The molecule has 7 heteroatoms. The number of carbonyl (C=O) groups is 1. The molecule has 2 spiro atoms. The fourth-order valence-corrected chi connectivity index (χ4v) is 7.92. The van der Waals surface area contributed by atoms with Gasteiger partial charge < -0.3 is 29.2 Å². The average Bonchev–Trinajstić information content (AvgIpc) is 3.54. The number of hydrogen-bond acceptors (Lipinski definition) is 7. The van der Waals surface area contributed by atoms with Crippen molar-refractivity contribution >= 4 is 5.97 Å². The molecule has 7 aliphatic rings. The Bertz CT molecular complexity index is 962. The molecular weight excluding hydrogens is 376 g/mol. The average molecular weight is 402 g/mol. The molecule has 0 aromatic heterocycles. The number of fused-ring (bicyclic) bond motifs is 4. The second-order valence-corrected chi connectivity index (χ2v) is 10.5. The quantitative estimate of drug-likeness (QED) is 0.392. The molecule has 3 saturated heterocycles. The lowest BCUT2D eigenvalue weighted by Crippen LogP contribution is -2.69. The standard InChI is InChI=1S/C22H26O7/c1-8(2)20-15(28-20)16-22(29-16)19(4)6-5-10-13(14(9(3)23)26-17(10)24)11(19)7-12-21(22,27-12)18(20)25/h8,11-12,15-16,18,23,25H,5-7H2,1-4H3/b14-9+/t11?,12-,15-,16-,18+,19-,20-,21+,22+/m0/s1. The molecule has 156 valence electrons. The maximum atomic E-state index is 12.4. The van der Waals surface area contributed by atoms with E-state index in [9.17, 15) is 15.0 Å². The topological polar surface area (TPSA) is 104 Å². The Morgan fingerprint density at radius 2 is 1.97 bits per heavy atom. The second-order valence-electron chi connectivity index (χ2n) is 10.5. The Morgan fingerprint density at radius 1 is 1.21 bits per heavy atom. The lowest BCUT2D eigenvalue weighted by atomic mass is 9.46. The second kappa shape index (κ2) is 4.44. The molecule has 3 aliphatic carbocycles. The predicted molar refractivity (Wildman–Crippen MR) is 97.6 cm³/mol. The van der Waals surface area contributed by atoms with E-state index in [1.807, 2.05) is 0 Å². The minimum absolute atomic E-state index is 0.0277. The monoisotopic (exact) mass is 402 g/mol. The molecule has 2 saturated carbocycles. The fraction of sp³-hybridized carbons (Fsp3) is 0.773. The zero-order valence-electron chi connectivity index (χ0n) is 17.0. The molecule has 29 heavy (non-hydrogen) atoms. The summed E-state index contributed by atoms with van der Waals surface area (Å²) in [4.78, 5) is 12.4. The maximum absolute atomic E-state index is 12.4. The molecule has 0 aromatic carbocycles. The van der Waals surface area contributed by atoms with Crippen molar-refractivity contribution in [2.45, 2.75) is 88.2 Å². The fourth-order valence-electron chi connectivity index (χ4n) is 7.92. The first-order valence-electron chi connectivity index (χ1n) is 10.7. The van der Waals surface area contributed by atoms with E-state index in [0.29, 0.717) is 24.2 Å². The molecule has 2 N–H and O–H groups in total. The number of aliphatic hydroxyl groups excluding tert-OH is 2. The highest BCUT2D eigenvalue weighted by atomic mass is 16.7. The third-order valence-corrected chi connectivity index (χ3v) is 9.37. The third kappa shape index (κ3) is 1.44. The van der Waals surface area contributed by atoms with Gasteiger partial charge >= 0.3 is 5.97 Å². The summed E-state index contributed by atoms with van der Waals surface area (Å²) in [5.41, 5.74) is -0.781. The summed E-state index contributed by atoms with van der Waals surface area (Å²) >= 11 is 0. The van der Waals surface area contributed by atoms with E-state index in [4.69, 9.17) is 18.9 Å². The van der Waals surface area contributed by atoms with Crippen LogP contribution in [0.1, 0.15) is 47.0 Å². The van der Waals surface area contributed by atoms with E-state index >= 15 is 0 Å². The Balaban J connectivity index is 1.39. The van der Waals surface area contributed by atoms with Gasteiger partial charge in [0, 0.05) is 16.6 Å². The van der Waals surface area contributed by atoms with Crippen molar-refractivity contribution in [2.75, 3.05) is 0 Å². The van der Waals surface area contributed by atoms with Crippen molar-refractivity contribution in [1.82, 2.24) is 0 Å². The first-order chi connectivity index (χ1) is 13.7.